The van der Waals surface area contributed by atoms with E-state index in [1.165, 1.54) is 0 Å². The lowest BCUT2D eigenvalue weighted by Gasteiger charge is -2.35. The Hall–Kier alpha value is -2.63. The molecule has 150 valence electrons. The van der Waals surface area contributed by atoms with Crippen molar-refractivity contribution < 1.29 is 9.21 Å². The second-order valence-electron chi connectivity index (χ2n) is 7.37. The summed E-state index contributed by atoms with van der Waals surface area (Å²) in [5.74, 6) is 1.51. The predicted molar refractivity (Wildman–Crippen MR) is 116 cm³/mol. The van der Waals surface area contributed by atoms with Crippen LogP contribution in [-0.4, -0.2) is 41.8 Å². The largest absolute Gasteiger partial charge is 0.441 e. The number of hydrogen-bond acceptors (Lipinski definition) is 5. The van der Waals surface area contributed by atoms with Crippen molar-refractivity contribution in [1.29, 1.82) is 0 Å². The molecule has 1 aliphatic heterocycles. The van der Waals surface area contributed by atoms with Crippen molar-refractivity contribution >= 4 is 23.1 Å². The number of Topliss-reactive ketones (excluding diaryl/α,β-unsaturated/α-hetero) is 1. The van der Waals surface area contributed by atoms with E-state index in [0.29, 0.717) is 10.9 Å². The Labute approximate surface area is 175 Å². The smallest absolute Gasteiger partial charge is 0.228 e. The van der Waals surface area contributed by atoms with Crippen molar-refractivity contribution in [3.63, 3.8) is 0 Å². The molecule has 1 aliphatic rings. The maximum absolute atomic E-state index is 11.4. The monoisotopic (exact) mass is 409 g/mol. The molecule has 0 radical (unpaired) electrons. The first kappa shape index (κ1) is 19.7. The molecule has 2 aromatic carbocycles. The van der Waals surface area contributed by atoms with Gasteiger partial charge >= 0.3 is 0 Å². The van der Waals surface area contributed by atoms with Crippen molar-refractivity contribution in [3.05, 3.63) is 70.6 Å². The third kappa shape index (κ3) is 4.36. The minimum Gasteiger partial charge on any atom is -0.441 e. The van der Waals surface area contributed by atoms with Crippen LogP contribution >= 0.6 is 11.6 Å². The van der Waals surface area contributed by atoms with Gasteiger partial charge in [0.2, 0.25) is 5.89 Å². The number of piperazine rings is 1. The molecule has 0 bridgehead atoms. The van der Waals surface area contributed by atoms with Gasteiger partial charge in [0, 0.05) is 44.0 Å². The first-order valence-corrected chi connectivity index (χ1v) is 10.2. The Bertz CT molecular complexity index is 1010. The van der Waals surface area contributed by atoms with E-state index in [4.69, 9.17) is 21.0 Å². The molecule has 29 heavy (non-hydrogen) atoms. The standard InChI is InChI=1S/C23H24ClN3O2/c1-16(28)18-7-9-19(10-8-18)27-13-11-26(12-14-27)15-22-17(2)29-23(25-22)20-5-3-4-6-21(20)24/h3-10H,11-15H2,1-2H3. The highest BCUT2D eigenvalue weighted by Gasteiger charge is 2.21. The van der Waals surface area contributed by atoms with Crippen molar-refractivity contribution in [3.8, 4) is 11.5 Å². The van der Waals surface area contributed by atoms with Gasteiger partial charge in [0.15, 0.2) is 5.78 Å². The summed E-state index contributed by atoms with van der Waals surface area (Å²) in [4.78, 5) is 20.9. The van der Waals surface area contributed by atoms with Crippen LogP contribution < -0.4 is 4.90 Å². The summed E-state index contributed by atoms with van der Waals surface area (Å²) in [6.07, 6.45) is 0. The number of hydrogen-bond donors (Lipinski definition) is 0. The molecule has 2 heterocycles. The number of oxazole rings is 1. The molecular weight excluding hydrogens is 386 g/mol. The van der Waals surface area contributed by atoms with Gasteiger partial charge in [-0.3, -0.25) is 9.69 Å². The van der Waals surface area contributed by atoms with Gasteiger partial charge in [-0.15, -0.1) is 0 Å². The van der Waals surface area contributed by atoms with E-state index < -0.39 is 0 Å². The summed E-state index contributed by atoms with van der Waals surface area (Å²) in [5, 5.41) is 0.643. The van der Waals surface area contributed by atoms with Crippen LogP contribution in [0.1, 0.15) is 28.7 Å². The Kier molecular flexibility index (Phi) is 5.69. The first-order chi connectivity index (χ1) is 14.0. The number of nitrogens with zero attached hydrogens (tertiary/aromatic N) is 3. The number of anilines is 1. The molecule has 1 fully saturated rings. The van der Waals surface area contributed by atoms with Gasteiger partial charge in [-0.2, -0.15) is 0 Å². The zero-order valence-electron chi connectivity index (χ0n) is 16.7. The van der Waals surface area contributed by atoms with Crippen LogP contribution in [-0.2, 0) is 6.54 Å². The van der Waals surface area contributed by atoms with Crippen LogP contribution in [0, 0.1) is 6.92 Å². The van der Waals surface area contributed by atoms with Gasteiger partial charge in [-0.1, -0.05) is 23.7 Å². The minimum absolute atomic E-state index is 0.0977. The second-order valence-corrected chi connectivity index (χ2v) is 7.78. The maximum Gasteiger partial charge on any atom is 0.228 e. The lowest BCUT2D eigenvalue weighted by Crippen LogP contribution is -2.46. The molecule has 0 saturated carbocycles. The molecule has 0 spiro atoms. The fourth-order valence-electron chi connectivity index (χ4n) is 3.61. The molecule has 0 aliphatic carbocycles. The third-order valence-corrected chi connectivity index (χ3v) is 5.71. The quantitative estimate of drug-likeness (QED) is 0.565. The highest BCUT2D eigenvalue weighted by Crippen LogP contribution is 2.29. The lowest BCUT2D eigenvalue weighted by atomic mass is 10.1. The zero-order valence-corrected chi connectivity index (χ0v) is 17.4. The average molecular weight is 410 g/mol. The van der Waals surface area contributed by atoms with Crippen LogP contribution in [0.15, 0.2) is 52.9 Å². The fraction of sp³-hybridized carbons (Fsp3) is 0.304. The zero-order chi connectivity index (χ0) is 20.4. The van der Waals surface area contributed by atoms with Crippen LogP contribution in [0.5, 0.6) is 0 Å². The van der Waals surface area contributed by atoms with Crippen LogP contribution in [0.4, 0.5) is 5.69 Å². The Morgan fingerprint density at radius 3 is 2.41 bits per heavy atom. The summed E-state index contributed by atoms with van der Waals surface area (Å²) in [5.41, 5.74) is 3.69. The molecule has 0 amide bonds. The lowest BCUT2D eigenvalue weighted by molar-refractivity contribution is 0.101. The number of ketones is 1. The number of aromatic nitrogens is 1. The van der Waals surface area contributed by atoms with Gasteiger partial charge in [-0.25, -0.2) is 4.98 Å². The van der Waals surface area contributed by atoms with E-state index in [9.17, 15) is 4.79 Å². The summed E-state index contributed by atoms with van der Waals surface area (Å²) in [6.45, 7) is 8.08. The summed E-state index contributed by atoms with van der Waals surface area (Å²) >= 11 is 6.28. The van der Waals surface area contributed by atoms with E-state index in [-0.39, 0.29) is 5.78 Å². The van der Waals surface area contributed by atoms with Crippen LogP contribution in [0.3, 0.4) is 0 Å². The SMILES string of the molecule is CC(=O)c1ccc(N2CCN(Cc3nc(-c4ccccc4Cl)oc3C)CC2)cc1. The number of carbonyl (C=O) groups is 1. The number of halogens is 1. The van der Waals surface area contributed by atoms with Crippen molar-refractivity contribution in [2.24, 2.45) is 0 Å². The fourth-order valence-corrected chi connectivity index (χ4v) is 3.82. The molecule has 0 unspecified atom stereocenters. The number of aryl methyl sites for hydroxylation is 1. The molecule has 3 aromatic rings. The molecule has 0 N–H and O–H groups in total. The maximum atomic E-state index is 11.4. The van der Waals surface area contributed by atoms with Gasteiger partial charge in [0.1, 0.15) is 5.76 Å². The molecule has 1 aromatic heterocycles. The van der Waals surface area contributed by atoms with Gasteiger partial charge in [-0.05, 0) is 50.2 Å². The summed E-state index contributed by atoms with van der Waals surface area (Å²) < 4.78 is 5.88. The van der Waals surface area contributed by atoms with Crippen LogP contribution in [0.25, 0.3) is 11.5 Å². The topological polar surface area (TPSA) is 49.6 Å². The van der Waals surface area contributed by atoms with E-state index in [1.54, 1.807) is 6.92 Å². The highest BCUT2D eigenvalue weighted by molar-refractivity contribution is 6.33. The van der Waals surface area contributed by atoms with E-state index >= 15 is 0 Å². The number of rotatable bonds is 5. The van der Waals surface area contributed by atoms with Crippen LogP contribution in [0.2, 0.25) is 5.02 Å². The van der Waals surface area contributed by atoms with Gasteiger partial charge in [0.25, 0.3) is 0 Å². The first-order valence-electron chi connectivity index (χ1n) is 9.81. The number of carbonyl (C=O) groups excluding carboxylic acids is 1. The normalized spacial score (nSPS) is 14.9. The summed E-state index contributed by atoms with van der Waals surface area (Å²) in [6, 6.07) is 15.5. The van der Waals surface area contributed by atoms with Gasteiger partial charge < -0.3 is 9.32 Å². The molecule has 4 rings (SSSR count). The molecular formula is C23H24ClN3O2. The molecule has 6 heteroatoms. The third-order valence-electron chi connectivity index (χ3n) is 5.38. The highest BCUT2D eigenvalue weighted by atomic mass is 35.5. The average Bonchev–Trinajstić information content (AvgIpc) is 3.09. The second kappa shape index (κ2) is 8.39. The molecule has 5 nitrogen and oxygen atoms in total. The molecule has 0 atom stereocenters. The van der Waals surface area contributed by atoms with Gasteiger partial charge in [0.05, 0.1) is 16.3 Å². The van der Waals surface area contributed by atoms with Crippen molar-refractivity contribution in [1.82, 2.24) is 9.88 Å². The Morgan fingerprint density at radius 2 is 1.76 bits per heavy atom. The van der Waals surface area contributed by atoms with Crippen molar-refractivity contribution in [2.75, 3.05) is 31.1 Å². The molecule has 1 saturated heterocycles. The van der Waals surface area contributed by atoms with E-state index in [1.807, 2.05) is 55.5 Å². The van der Waals surface area contributed by atoms with E-state index in [0.717, 1.165) is 61.0 Å². The van der Waals surface area contributed by atoms with E-state index in [2.05, 4.69) is 9.80 Å². The van der Waals surface area contributed by atoms with Crippen molar-refractivity contribution in [2.45, 2.75) is 20.4 Å². The minimum atomic E-state index is 0.0977. The Balaban J connectivity index is 1.39. The predicted octanol–water partition coefficient (Wildman–Crippen LogP) is 4.83. The number of benzene rings is 2. The summed E-state index contributed by atoms with van der Waals surface area (Å²) in [7, 11) is 0. The Morgan fingerprint density at radius 1 is 1.07 bits per heavy atom.